The second-order valence-corrected chi connectivity index (χ2v) is 3.51. The molecule has 0 saturated carbocycles. The van der Waals surface area contributed by atoms with E-state index in [1.165, 1.54) is 0 Å². The molecule has 1 aromatic carbocycles. The monoisotopic (exact) mass is 206 g/mol. The van der Waals surface area contributed by atoms with Crippen LogP contribution in [0.25, 0.3) is 5.57 Å². The third-order valence-corrected chi connectivity index (χ3v) is 2.28. The molecule has 0 spiro atoms. The third kappa shape index (κ3) is 3.40. The standard InChI is InChI=1S/C13H18O2/c1-4-11(9-10(2)14)12-5-7-13(15-3)8-6-12/h5-10,14H,4H2,1-3H3/b11-9-. The minimum Gasteiger partial charge on any atom is -0.497 e. The molecule has 0 bridgehead atoms. The molecule has 0 aliphatic heterocycles. The van der Waals surface area contributed by atoms with Crippen LogP contribution in [-0.2, 0) is 0 Å². The van der Waals surface area contributed by atoms with Crippen LogP contribution in [0.5, 0.6) is 5.75 Å². The van der Waals surface area contributed by atoms with Crippen LogP contribution in [0.3, 0.4) is 0 Å². The molecule has 0 aliphatic carbocycles. The summed E-state index contributed by atoms with van der Waals surface area (Å²) in [5, 5.41) is 9.31. The first-order chi connectivity index (χ1) is 7.17. The SMILES string of the molecule is CC/C(=C/C(C)O)c1ccc(OC)cc1. The van der Waals surface area contributed by atoms with Crippen molar-refractivity contribution in [3.05, 3.63) is 35.9 Å². The predicted molar refractivity (Wildman–Crippen MR) is 62.9 cm³/mol. The highest BCUT2D eigenvalue weighted by Crippen LogP contribution is 2.21. The van der Waals surface area contributed by atoms with E-state index in [-0.39, 0.29) is 0 Å². The van der Waals surface area contributed by atoms with Gasteiger partial charge in [-0.25, -0.2) is 0 Å². The summed E-state index contributed by atoms with van der Waals surface area (Å²) in [7, 11) is 1.65. The summed E-state index contributed by atoms with van der Waals surface area (Å²) in [6.07, 6.45) is 2.39. The van der Waals surface area contributed by atoms with Crippen LogP contribution in [0.15, 0.2) is 30.3 Å². The average molecular weight is 206 g/mol. The van der Waals surface area contributed by atoms with Crippen molar-refractivity contribution >= 4 is 5.57 Å². The molecule has 1 N–H and O–H groups in total. The van der Waals surface area contributed by atoms with Crippen LogP contribution in [0, 0.1) is 0 Å². The van der Waals surface area contributed by atoms with Crippen molar-refractivity contribution in [2.45, 2.75) is 26.4 Å². The largest absolute Gasteiger partial charge is 0.497 e. The van der Waals surface area contributed by atoms with Gasteiger partial charge in [0.1, 0.15) is 5.75 Å². The fraction of sp³-hybridized carbons (Fsp3) is 0.385. The van der Waals surface area contributed by atoms with Crippen LogP contribution in [0.2, 0.25) is 0 Å². The predicted octanol–water partition coefficient (Wildman–Crippen LogP) is 2.87. The van der Waals surface area contributed by atoms with Gasteiger partial charge in [0.2, 0.25) is 0 Å². The molecule has 0 fully saturated rings. The molecule has 2 nitrogen and oxygen atoms in total. The summed E-state index contributed by atoms with van der Waals surface area (Å²) in [5.41, 5.74) is 2.30. The molecule has 0 aliphatic rings. The Morgan fingerprint density at radius 3 is 2.40 bits per heavy atom. The van der Waals surface area contributed by atoms with Gasteiger partial charge in [-0.1, -0.05) is 25.1 Å². The smallest absolute Gasteiger partial charge is 0.118 e. The molecule has 0 aromatic heterocycles. The molecular formula is C13H18O2. The van der Waals surface area contributed by atoms with Gasteiger partial charge in [0.15, 0.2) is 0 Å². The van der Waals surface area contributed by atoms with E-state index in [2.05, 4.69) is 6.92 Å². The summed E-state index contributed by atoms with van der Waals surface area (Å²) in [4.78, 5) is 0. The Kier molecular flexibility index (Phi) is 4.37. The Morgan fingerprint density at radius 1 is 1.40 bits per heavy atom. The van der Waals surface area contributed by atoms with E-state index in [1.54, 1.807) is 14.0 Å². The van der Waals surface area contributed by atoms with Crippen molar-refractivity contribution in [2.75, 3.05) is 7.11 Å². The number of aliphatic hydroxyl groups excluding tert-OH is 1. The first-order valence-corrected chi connectivity index (χ1v) is 5.20. The molecule has 0 heterocycles. The van der Waals surface area contributed by atoms with Gasteiger partial charge in [0, 0.05) is 0 Å². The molecule has 2 heteroatoms. The third-order valence-electron chi connectivity index (χ3n) is 2.28. The lowest BCUT2D eigenvalue weighted by atomic mass is 10.0. The van der Waals surface area contributed by atoms with Gasteiger partial charge in [0.05, 0.1) is 13.2 Å². The van der Waals surface area contributed by atoms with Crippen LogP contribution in [0.1, 0.15) is 25.8 Å². The topological polar surface area (TPSA) is 29.5 Å². The fourth-order valence-corrected chi connectivity index (χ4v) is 1.51. The van der Waals surface area contributed by atoms with Crippen molar-refractivity contribution < 1.29 is 9.84 Å². The summed E-state index contributed by atoms with van der Waals surface area (Å²) in [5.74, 6) is 0.853. The van der Waals surface area contributed by atoms with E-state index in [1.807, 2.05) is 30.3 Å². The molecule has 0 radical (unpaired) electrons. The normalized spacial score (nSPS) is 13.7. The van der Waals surface area contributed by atoms with Crippen LogP contribution >= 0.6 is 0 Å². The number of ether oxygens (including phenoxy) is 1. The number of aliphatic hydroxyl groups is 1. The highest BCUT2D eigenvalue weighted by molar-refractivity contribution is 5.66. The van der Waals surface area contributed by atoms with Crippen LogP contribution in [0.4, 0.5) is 0 Å². The van der Waals surface area contributed by atoms with Gasteiger partial charge in [0.25, 0.3) is 0 Å². The van der Waals surface area contributed by atoms with Crippen molar-refractivity contribution in [1.82, 2.24) is 0 Å². The van der Waals surface area contributed by atoms with E-state index in [9.17, 15) is 5.11 Å². The van der Waals surface area contributed by atoms with Crippen molar-refractivity contribution in [1.29, 1.82) is 0 Å². The number of allylic oxidation sites excluding steroid dienone is 1. The zero-order valence-electron chi connectivity index (χ0n) is 9.53. The lowest BCUT2D eigenvalue weighted by molar-refractivity contribution is 0.244. The Labute approximate surface area is 91.2 Å². The zero-order chi connectivity index (χ0) is 11.3. The lowest BCUT2D eigenvalue weighted by Gasteiger charge is -2.07. The fourth-order valence-electron chi connectivity index (χ4n) is 1.51. The summed E-state index contributed by atoms with van der Waals surface area (Å²) in [6.45, 7) is 3.84. The zero-order valence-corrected chi connectivity index (χ0v) is 9.53. The highest BCUT2D eigenvalue weighted by Gasteiger charge is 2.01. The van der Waals surface area contributed by atoms with E-state index in [0.717, 1.165) is 23.3 Å². The van der Waals surface area contributed by atoms with E-state index < -0.39 is 6.10 Å². The first kappa shape index (κ1) is 11.8. The quantitative estimate of drug-likeness (QED) is 0.820. The maximum Gasteiger partial charge on any atom is 0.118 e. The van der Waals surface area contributed by atoms with E-state index in [0.29, 0.717) is 0 Å². The molecule has 82 valence electrons. The second kappa shape index (κ2) is 5.56. The number of hydrogen-bond donors (Lipinski definition) is 1. The number of benzene rings is 1. The Hall–Kier alpha value is -1.28. The van der Waals surface area contributed by atoms with Gasteiger partial charge >= 0.3 is 0 Å². The van der Waals surface area contributed by atoms with Crippen molar-refractivity contribution in [3.63, 3.8) is 0 Å². The molecule has 0 saturated heterocycles. The minimum absolute atomic E-state index is 0.401. The molecule has 15 heavy (non-hydrogen) atoms. The van der Waals surface area contributed by atoms with Gasteiger partial charge in [-0.15, -0.1) is 0 Å². The maximum atomic E-state index is 9.31. The minimum atomic E-state index is -0.401. The van der Waals surface area contributed by atoms with Crippen molar-refractivity contribution in [2.24, 2.45) is 0 Å². The lowest BCUT2D eigenvalue weighted by Crippen LogP contribution is -1.95. The van der Waals surface area contributed by atoms with Gasteiger partial charge in [-0.2, -0.15) is 0 Å². The van der Waals surface area contributed by atoms with Crippen LogP contribution in [-0.4, -0.2) is 18.3 Å². The molecule has 1 aromatic rings. The first-order valence-electron chi connectivity index (χ1n) is 5.20. The Balaban J connectivity index is 2.93. The second-order valence-electron chi connectivity index (χ2n) is 3.51. The van der Waals surface area contributed by atoms with Gasteiger partial charge < -0.3 is 9.84 Å². The van der Waals surface area contributed by atoms with Gasteiger partial charge in [-0.05, 0) is 36.6 Å². The molecule has 1 unspecified atom stereocenters. The van der Waals surface area contributed by atoms with E-state index in [4.69, 9.17) is 4.74 Å². The number of methoxy groups -OCH3 is 1. The summed E-state index contributed by atoms with van der Waals surface area (Å²) >= 11 is 0. The van der Waals surface area contributed by atoms with E-state index >= 15 is 0 Å². The number of rotatable bonds is 4. The van der Waals surface area contributed by atoms with Gasteiger partial charge in [-0.3, -0.25) is 0 Å². The molecule has 0 amide bonds. The average Bonchev–Trinajstić information content (AvgIpc) is 2.26. The molecule has 1 rings (SSSR count). The Bertz CT molecular complexity index is 323. The number of hydrogen-bond acceptors (Lipinski definition) is 2. The Morgan fingerprint density at radius 2 is 2.00 bits per heavy atom. The van der Waals surface area contributed by atoms with Crippen molar-refractivity contribution in [3.8, 4) is 5.75 Å². The maximum absolute atomic E-state index is 9.31. The highest BCUT2D eigenvalue weighted by atomic mass is 16.5. The summed E-state index contributed by atoms with van der Waals surface area (Å²) < 4.78 is 5.09. The molecular weight excluding hydrogens is 188 g/mol. The summed E-state index contributed by atoms with van der Waals surface area (Å²) in [6, 6.07) is 7.88. The molecule has 1 atom stereocenters. The van der Waals surface area contributed by atoms with Crippen LogP contribution < -0.4 is 4.74 Å².